The first-order chi connectivity index (χ1) is 8.95. The fourth-order valence-corrected chi connectivity index (χ4v) is 1.55. The number of hydrogen-bond acceptors (Lipinski definition) is 4. The maximum absolute atomic E-state index is 11.8. The summed E-state index contributed by atoms with van der Waals surface area (Å²) in [6.07, 6.45) is 0.240. The lowest BCUT2D eigenvalue weighted by molar-refractivity contribution is -0.135. The van der Waals surface area contributed by atoms with Crippen molar-refractivity contribution >= 4 is 17.7 Å². The highest BCUT2D eigenvalue weighted by molar-refractivity contribution is 5.99. The number of carboxylic acid groups (broad SMARTS) is 1. The molecule has 0 aliphatic carbocycles. The van der Waals surface area contributed by atoms with Crippen LogP contribution in [0.2, 0.25) is 0 Å². The zero-order valence-electron chi connectivity index (χ0n) is 10.5. The lowest BCUT2D eigenvalue weighted by atomic mass is 9.99. The Morgan fingerprint density at radius 2 is 1.95 bits per heavy atom. The molecule has 0 fully saturated rings. The number of rotatable bonds is 6. The number of carbonyl (C=O) groups is 3. The van der Waals surface area contributed by atoms with Gasteiger partial charge in [-0.3, -0.25) is 14.4 Å². The van der Waals surface area contributed by atoms with Gasteiger partial charge in [0.05, 0.1) is 0 Å². The molecule has 102 valence electrons. The molecule has 0 aliphatic rings. The minimum atomic E-state index is -1.17. The Balaban J connectivity index is 2.99. The zero-order valence-corrected chi connectivity index (χ0v) is 10.5. The van der Waals surface area contributed by atoms with Gasteiger partial charge in [0.25, 0.3) is 5.91 Å². The smallest absolute Gasteiger partial charge is 0.322 e. The van der Waals surface area contributed by atoms with Crippen molar-refractivity contribution < 1.29 is 24.6 Å². The van der Waals surface area contributed by atoms with Gasteiger partial charge < -0.3 is 15.5 Å². The van der Waals surface area contributed by atoms with Crippen LogP contribution in [0.15, 0.2) is 18.2 Å². The van der Waals surface area contributed by atoms with E-state index in [1.807, 2.05) is 0 Å². The van der Waals surface area contributed by atoms with E-state index in [4.69, 9.17) is 5.11 Å². The molecule has 0 spiro atoms. The fourth-order valence-electron chi connectivity index (χ4n) is 1.55. The molecule has 1 aromatic carbocycles. The van der Waals surface area contributed by atoms with E-state index in [9.17, 15) is 19.5 Å². The van der Waals surface area contributed by atoms with Gasteiger partial charge in [-0.25, -0.2) is 0 Å². The Kier molecular flexibility index (Phi) is 5.05. The van der Waals surface area contributed by atoms with E-state index in [-0.39, 0.29) is 29.1 Å². The van der Waals surface area contributed by atoms with Gasteiger partial charge in [-0.15, -0.1) is 0 Å². The highest BCUT2D eigenvalue weighted by atomic mass is 16.4. The van der Waals surface area contributed by atoms with E-state index in [0.717, 1.165) is 0 Å². The summed E-state index contributed by atoms with van der Waals surface area (Å²) in [6.45, 7) is 1.17. The summed E-state index contributed by atoms with van der Waals surface area (Å²) in [5, 5.41) is 20.4. The van der Waals surface area contributed by atoms with Crippen LogP contribution in [0.1, 0.15) is 29.3 Å². The van der Waals surface area contributed by atoms with Gasteiger partial charge in [0.2, 0.25) is 0 Å². The third-order valence-corrected chi connectivity index (χ3v) is 2.56. The second kappa shape index (κ2) is 6.53. The van der Waals surface area contributed by atoms with E-state index in [1.54, 1.807) is 6.92 Å². The Labute approximate surface area is 110 Å². The van der Waals surface area contributed by atoms with Crippen LogP contribution >= 0.6 is 0 Å². The number of carbonyl (C=O) groups excluding carboxylic acids is 2. The average Bonchev–Trinajstić information content (AvgIpc) is 2.38. The van der Waals surface area contributed by atoms with Crippen LogP contribution < -0.4 is 5.32 Å². The predicted octanol–water partition coefficient (Wildman–Crippen LogP) is 0.728. The molecule has 0 saturated carbocycles. The van der Waals surface area contributed by atoms with Crippen molar-refractivity contribution in [1.82, 2.24) is 5.32 Å². The number of carboxylic acids is 1. The molecule has 0 saturated heterocycles. The number of nitrogens with one attached hydrogen (secondary N) is 1. The van der Waals surface area contributed by atoms with Gasteiger partial charge in [0.15, 0.2) is 0 Å². The van der Waals surface area contributed by atoms with Gasteiger partial charge in [-0.1, -0.05) is 13.0 Å². The molecule has 1 rings (SSSR count). The average molecular weight is 265 g/mol. The standard InChI is InChI=1S/C13H15NO5/c1-2-8(15)6-10-9(4-3-5-11(10)16)13(19)14-7-12(17)18/h3-5,16H,2,6-7H2,1H3,(H,14,19)(H,17,18). The minimum Gasteiger partial charge on any atom is -0.508 e. The number of aromatic hydroxyl groups is 1. The van der Waals surface area contributed by atoms with Crippen molar-refractivity contribution in [1.29, 1.82) is 0 Å². The van der Waals surface area contributed by atoms with Crippen molar-refractivity contribution in [2.45, 2.75) is 19.8 Å². The van der Waals surface area contributed by atoms with Crippen LogP contribution in [-0.4, -0.2) is 34.4 Å². The Morgan fingerprint density at radius 3 is 2.53 bits per heavy atom. The van der Waals surface area contributed by atoms with Gasteiger partial charge in [0.1, 0.15) is 18.1 Å². The third-order valence-electron chi connectivity index (χ3n) is 2.56. The highest BCUT2D eigenvalue weighted by Crippen LogP contribution is 2.22. The van der Waals surface area contributed by atoms with Crippen molar-refractivity contribution in [3.63, 3.8) is 0 Å². The molecule has 0 radical (unpaired) electrons. The second-order valence-electron chi connectivity index (χ2n) is 3.95. The summed E-state index contributed by atoms with van der Waals surface area (Å²) in [4.78, 5) is 33.6. The summed E-state index contributed by atoms with van der Waals surface area (Å²) >= 11 is 0. The number of amides is 1. The number of benzene rings is 1. The van der Waals surface area contributed by atoms with Crippen molar-refractivity contribution in [2.24, 2.45) is 0 Å². The molecule has 6 heteroatoms. The quantitative estimate of drug-likeness (QED) is 0.703. The van der Waals surface area contributed by atoms with E-state index in [2.05, 4.69) is 5.32 Å². The minimum absolute atomic E-state index is 0.0565. The molecule has 19 heavy (non-hydrogen) atoms. The molecule has 6 nitrogen and oxygen atoms in total. The Morgan fingerprint density at radius 1 is 1.26 bits per heavy atom. The number of hydrogen-bond donors (Lipinski definition) is 3. The number of aliphatic carboxylic acids is 1. The molecule has 3 N–H and O–H groups in total. The summed E-state index contributed by atoms with van der Waals surface area (Å²) < 4.78 is 0. The lowest BCUT2D eigenvalue weighted by Crippen LogP contribution is -2.30. The SMILES string of the molecule is CCC(=O)Cc1c(O)cccc1C(=O)NCC(=O)O. The van der Waals surface area contributed by atoms with Gasteiger partial charge in [-0.05, 0) is 12.1 Å². The summed E-state index contributed by atoms with van der Waals surface area (Å²) in [5.41, 5.74) is 0.334. The summed E-state index contributed by atoms with van der Waals surface area (Å²) in [6, 6.07) is 4.28. The van der Waals surface area contributed by atoms with Crippen LogP contribution in [-0.2, 0) is 16.0 Å². The molecular weight excluding hydrogens is 250 g/mol. The Hall–Kier alpha value is -2.37. The van der Waals surface area contributed by atoms with E-state index >= 15 is 0 Å². The van der Waals surface area contributed by atoms with Crippen LogP contribution in [0.3, 0.4) is 0 Å². The first-order valence-electron chi connectivity index (χ1n) is 5.78. The lowest BCUT2D eigenvalue weighted by Gasteiger charge is -2.10. The molecule has 0 heterocycles. The van der Waals surface area contributed by atoms with Crippen LogP contribution in [0, 0.1) is 0 Å². The summed E-state index contributed by atoms with van der Waals surface area (Å²) in [7, 11) is 0. The molecular formula is C13H15NO5. The van der Waals surface area contributed by atoms with Gasteiger partial charge in [-0.2, -0.15) is 0 Å². The molecule has 0 atom stereocenters. The van der Waals surface area contributed by atoms with E-state index < -0.39 is 18.4 Å². The molecule has 0 unspecified atom stereocenters. The molecule has 0 bridgehead atoms. The van der Waals surface area contributed by atoms with Gasteiger partial charge in [0, 0.05) is 24.0 Å². The first-order valence-corrected chi connectivity index (χ1v) is 5.78. The zero-order chi connectivity index (χ0) is 14.4. The molecule has 1 amide bonds. The number of phenols is 1. The van der Waals surface area contributed by atoms with Crippen LogP contribution in [0.4, 0.5) is 0 Å². The molecule has 0 aliphatic heterocycles. The van der Waals surface area contributed by atoms with E-state index in [0.29, 0.717) is 6.42 Å². The van der Waals surface area contributed by atoms with Gasteiger partial charge >= 0.3 is 5.97 Å². The highest BCUT2D eigenvalue weighted by Gasteiger charge is 2.17. The fraction of sp³-hybridized carbons (Fsp3) is 0.308. The maximum atomic E-state index is 11.8. The van der Waals surface area contributed by atoms with Crippen molar-refractivity contribution in [2.75, 3.05) is 6.54 Å². The molecule has 1 aromatic rings. The first kappa shape index (κ1) is 14.7. The maximum Gasteiger partial charge on any atom is 0.322 e. The third kappa shape index (κ3) is 4.09. The topological polar surface area (TPSA) is 104 Å². The monoisotopic (exact) mass is 265 g/mol. The van der Waals surface area contributed by atoms with Crippen LogP contribution in [0.25, 0.3) is 0 Å². The van der Waals surface area contributed by atoms with Crippen LogP contribution in [0.5, 0.6) is 5.75 Å². The summed E-state index contributed by atoms with van der Waals surface area (Å²) in [5.74, 6) is -2.06. The normalized spacial score (nSPS) is 9.95. The predicted molar refractivity (Wildman–Crippen MR) is 67.1 cm³/mol. The number of ketones is 1. The second-order valence-corrected chi connectivity index (χ2v) is 3.95. The van der Waals surface area contributed by atoms with Crippen molar-refractivity contribution in [3.05, 3.63) is 29.3 Å². The number of phenolic OH excluding ortho intramolecular Hbond substituents is 1. The number of Topliss-reactive ketones (excluding diaryl/α,β-unsaturated/α-hetero) is 1. The molecule has 0 aromatic heterocycles. The largest absolute Gasteiger partial charge is 0.508 e. The van der Waals surface area contributed by atoms with E-state index in [1.165, 1.54) is 18.2 Å². The van der Waals surface area contributed by atoms with Crippen molar-refractivity contribution in [3.8, 4) is 5.75 Å². The Bertz CT molecular complexity index is 510.